The molecule has 166 valence electrons. The van der Waals surface area contributed by atoms with Gasteiger partial charge in [-0.3, -0.25) is 19.7 Å². The predicted molar refractivity (Wildman–Crippen MR) is 125 cm³/mol. The summed E-state index contributed by atoms with van der Waals surface area (Å²) in [6.07, 6.45) is 3.48. The fourth-order valence-electron chi connectivity index (χ4n) is 3.26. The molecule has 1 atom stereocenters. The van der Waals surface area contributed by atoms with E-state index in [0.29, 0.717) is 19.5 Å². The average Bonchev–Trinajstić information content (AvgIpc) is 2.80. The highest BCUT2D eigenvalue weighted by molar-refractivity contribution is 7.80. The molecule has 1 fully saturated rings. The van der Waals surface area contributed by atoms with Crippen molar-refractivity contribution in [2.75, 3.05) is 19.7 Å². The average molecular weight is 452 g/mol. The summed E-state index contributed by atoms with van der Waals surface area (Å²) in [5.41, 5.74) is 1.94. The van der Waals surface area contributed by atoms with Gasteiger partial charge in [-0.25, -0.2) is 0 Å². The van der Waals surface area contributed by atoms with Crippen LogP contribution in [0.4, 0.5) is 0 Å². The zero-order valence-corrected chi connectivity index (χ0v) is 18.3. The number of ether oxygens (including phenoxy) is 1. The summed E-state index contributed by atoms with van der Waals surface area (Å²) in [5, 5.41) is 5.44. The summed E-state index contributed by atoms with van der Waals surface area (Å²) in [6.45, 7) is 0.978. The van der Waals surface area contributed by atoms with E-state index in [-0.39, 0.29) is 24.0 Å². The number of hydrogen-bond acceptors (Lipinski definition) is 5. The van der Waals surface area contributed by atoms with Crippen molar-refractivity contribution < 1.29 is 19.1 Å². The largest absolute Gasteiger partial charge is 0.465 e. The number of piperazine rings is 1. The topological polar surface area (TPSA) is 87.7 Å². The SMILES string of the molecule is O=C(/C=C/c1ccccc1)NC(=S)N1CCNC(=O)C1CC(=O)OCCc1ccccc1. The van der Waals surface area contributed by atoms with Crippen LogP contribution in [0.2, 0.25) is 0 Å². The number of rotatable bonds is 7. The number of hydrogen-bond donors (Lipinski definition) is 2. The first kappa shape index (κ1) is 23.1. The summed E-state index contributed by atoms with van der Waals surface area (Å²) in [4.78, 5) is 38.5. The van der Waals surface area contributed by atoms with Crippen LogP contribution in [-0.4, -0.2) is 53.5 Å². The standard InChI is InChI=1S/C24H25N3O4S/c28-21(12-11-18-7-3-1-4-8-18)26-24(32)27-15-14-25-23(30)20(27)17-22(29)31-16-13-19-9-5-2-6-10-19/h1-12,20H,13-17H2,(H,25,30)(H,26,28,32)/b12-11+. The number of thiocarbonyl (C=S) groups is 1. The van der Waals surface area contributed by atoms with Crippen molar-refractivity contribution in [3.8, 4) is 0 Å². The Hall–Kier alpha value is -3.52. The fraction of sp³-hybridized carbons (Fsp3) is 0.250. The third-order valence-electron chi connectivity index (χ3n) is 4.91. The van der Waals surface area contributed by atoms with Gasteiger partial charge in [-0.2, -0.15) is 0 Å². The van der Waals surface area contributed by atoms with E-state index in [2.05, 4.69) is 10.6 Å². The van der Waals surface area contributed by atoms with E-state index < -0.39 is 17.9 Å². The van der Waals surface area contributed by atoms with Gasteiger partial charge in [-0.1, -0.05) is 60.7 Å². The van der Waals surface area contributed by atoms with Crippen LogP contribution < -0.4 is 10.6 Å². The molecule has 1 unspecified atom stereocenters. The molecule has 32 heavy (non-hydrogen) atoms. The second-order valence-corrected chi connectivity index (χ2v) is 7.59. The zero-order chi connectivity index (χ0) is 22.8. The maximum atomic E-state index is 12.4. The molecule has 8 heteroatoms. The highest BCUT2D eigenvalue weighted by Gasteiger charge is 2.34. The van der Waals surface area contributed by atoms with Crippen molar-refractivity contribution in [3.05, 3.63) is 77.9 Å². The molecular weight excluding hydrogens is 426 g/mol. The monoisotopic (exact) mass is 451 g/mol. The molecule has 0 aliphatic carbocycles. The van der Waals surface area contributed by atoms with Crippen molar-refractivity contribution in [2.45, 2.75) is 18.9 Å². The molecule has 1 saturated heterocycles. The van der Waals surface area contributed by atoms with Crippen LogP contribution in [-0.2, 0) is 25.5 Å². The lowest BCUT2D eigenvalue weighted by molar-refractivity contribution is -0.147. The first-order valence-electron chi connectivity index (χ1n) is 10.3. The van der Waals surface area contributed by atoms with Gasteiger partial charge in [0.15, 0.2) is 5.11 Å². The molecule has 2 aromatic rings. The van der Waals surface area contributed by atoms with Gasteiger partial charge in [0.25, 0.3) is 0 Å². The number of esters is 1. The van der Waals surface area contributed by atoms with Gasteiger partial charge in [0.05, 0.1) is 13.0 Å². The Kier molecular flexibility index (Phi) is 8.51. The van der Waals surface area contributed by atoms with Gasteiger partial charge >= 0.3 is 5.97 Å². The van der Waals surface area contributed by atoms with E-state index in [1.165, 1.54) is 6.08 Å². The molecule has 1 heterocycles. The highest BCUT2D eigenvalue weighted by Crippen LogP contribution is 2.11. The van der Waals surface area contributed by atoms with Gasteiger partial charge in [-0.05, 0) is 29.4 Å². The Labute approximate surface area is 192 Å². The minimum Gasteiger partial charge on any atom is -0.465 e. The number of nitrogens with one attached hydrogen (secondary N) is 2. The molecular formula is C24H25N3O4S. The molecule has 0 aromatic heterocycles. The van der Waals surface area contributed by atoms with Gasteiger partial charge < -0.3 is 15.0 Å². The first-order valence-corrected chi connectivity index (χ1v) is 10.8. The van der Waals surface area contributed by atoms with Crippen LogP contribution in [0.25, 0.3) is 6.08 Å². The Balaban J connectivity index is 1.52. The van der Waals surface area contributed by atoms with Gasteiger partial charge in [0.2, 0.25) is 11.8 Å². The first-order chi connectivity index (χ1) is 15.5. The van der Waals surface area contributed by atoms with Crippen molar-refractivity contribution in [1.82, 2.24) is 15.5 Å². The van der Waals surface area contributed by atoms with E-state index in [9.17, 15) is 14.4 Å². The Morgan fingerprint density at radius 2 is 1.81 bits per heavy atom. The van der Waals surface area contributed by atoms with E-state index in [0.717, 1.165) is 11.1 Å². The van der Waals surface area contributed by atoms with E-state index in [1.54, 1.807) is 11.0 Å². The number of carbonyl (C=O) groups is 3. The van der Waals surface area contributed by atoms with Crippen LogP contribution in [0, 0.1) is 0 Å². The van der Waals surface area contributed by atoms with Crippen LogP contribution in [0.15, 0.2) is 66.7 Å². The zero-order valence-electron chi connectivity index (χ0n) is 17.5. The molecule has 0 bridgehead atoms. The molecule has 2 amide bonds. The lowest BCUT2D eigenvalue weighted by Crippen LogP contribution is -2.60. The van der Waals surface area contributed by atoms with Crippen molar-refractivity contribution in [2.24, 2.45) is 0 Å². The third-order valence-corrected chi connectivity index (χ3v) is 5.24. The number of nitrogens with zero attached hydrogens (tertiary/aromatic N) is 1. The molecule has 2 aromatic carbocycles. The highest BCUT2D eigenvalue weighted by atomic mass is 32.1. The second-order valence-electron chi connectivity index (χ2n) is 7.20. The van der Waals surface area contributed by atoms with Crippen molar-refractivity contribution >= 4 is 41.2 Å². The second kappa shape index (κ2) is 11.8. The Morgan fingerprint density at radius 3 is 2.53 bits per heavy atom. The molecule has 1 aliphatic rings. The summed E-state index contributed by atoms with van der Waals surface area (Å²) >= 11 is 5.34. The molecule has 7 nitrogen and oxygen atoms in total. The number of carbonyl (C=O) groups excluding carboxylic acids is 3. The minimum atomic E-state index is -0.834. The smallest absolute Gasteiger partial charge is 0.308 e. The molecule has 0 spiro atoms. The van der Waals surface area contributed by atoms with Crippen molar-refractivity contribution in [3.63, 3.8) is 0 Å². The quantitative estimate of drug-likeness (QED) is 0.381. The van der Waals surface area contributed by atoms with Gasteiger partial charge in [-0.15, -0.1) is 0 Å². The number of amides is 2. The van der Waals surface area contributed by atoms with E-state index >= 15 is 0 Å². The lowest BCUT2D eigenvalue weighted by Gasteiger charge is -2.36. The van der Waals surface area contributed by atoms with Gasteiger partial charge in [0.1, 0.15) is 6.04 Å². The van der Waals surface area contributed by atoms with Crippen LogP contribution in [0.5, 0.6) is 0 Å². The summed E-state index contributed by atoms with van der Waals surface area (Å²) in [5.74, 6) is -1.23. The minimum absolute atomic E-state index is 0.102. The maximum absolute atomic E-state index is 12.4. The van der Waals surface area contributed by atoms with E-state index in [4.69, 9.17) is 17.0 Å². The fourth-order valence-corrected chi connectivity index (χ4v) is 3.58. The predicted octanol–water partition coefficient (Wildman–Crippen LogP) is 2.08. The summed E-state index contributed by atoms with van der Waals surface area (Å²) < 4.78 is 5.31. The third kappa shape index (κ3) is 7.02. The van der Waals surface area contributed by atoms with Gasteiger partial charge in [0, 0.05) is 25.6 Å². The maximum Gasteiger partial charge on any atom is 0.308 e. The Bertz CT molecular complexity index is 979. The van der Waals surface area contributed by atoms with Crippen LogP contribution in [0.3, 0.4) is 0 Å². The molecule has 2 N–H and O–H groups in total. The van der Waals surface area contributed by atoms with Crippen LogP contribution in [0.1, 0.15) is 17.5 Å². The normalized spacial score (nSPS) is 15.8. The molecule has 0 saturated carbocycles. The molecule has 0 radical (unpaired) electrons. The number of benzene rings is 2. The Morgan fingerprint density at radius 1 is 1.12 bits per heavy atom. The summed E-state index contributed by atoms with van der Waals surface area (Å²) in [7, 11) is 0. The van der Waals surface area contributed by atoms with Crippen molar-refractivity contribution in [1.29, 1.82) is 0 Å². The molecule has 3 rings (SSSR count). The van der Waals surface area contributed by atoms with E-state index in [1.807, 2.05) is 60.7 Å². The van der Waals surface area contributed by atoms with Crippen LogP contribution >= 0.6 is 12.2 Å². The summed E-state index contributed by atoms with van der Waals surface area (Å²) in [6, 6.07) is 18.2. The molecule has 1 aliphatic heterocycles. The lowest BCUT2D eigenvalue weighted by atomic mass is 10.1.